The van der Waals surface area contributed by atoms with E-state index in [4.69, 9.17) is 0 Å². The van der Waals surface area contributed by atoms with Crippen LogP contribution in [-0.2, 0) is 0 Å². The fraction of sp³-hybridized carbons (Fsp3) is 0. The molecule has 13 aromatic rings. The molecule has 0 aliphatic carbocycles. The zero-order valence-electron chi connectivity index (χ0n) is 39.2. The van der Waals surface area contributed by atoms with Gasteiger partial charge in [0.2, 0.25) is 0 Å². The van der Waals surface area contributed by atoms with Crippen LogP contribution in [0.15, 0.2) is 261 Å². The van der Waals surface area contributed by atoms with Gasteiger partial charge >= 0.3 is 0 Å². The third kappa shape index (κ3) is 6.22. The summed E-state index contributed by atoms with van der Waals surface area (Å²) in [6, 6.07) is 97.2. The van der Waals surface area contributed by atoms with Crippen molar-refractivity contribution in [2.75, 3.05) is 9.80 Å². The maximum absolute atomic E-state index is 2.70. The van der Waals surface area contributed by atoms with Gasteiger partial charge in [-0.15, -0.1) is 11.3 Å². The van der Waals surface area contributed by atoms with Gasteiger partial charge in [-0.3, -0.25) is 0 Å². The lowest BCUT2D eigenvalue weighted by atomic mass is 9.33. The molecule has 0 bridgehead atoms. The van der Waals surface area contributed by atoms with E-state index >= 15 is 0 Å². The smallest absolute Gasteiger partial charge is 0.252 e. The minimum Gasteiger partial charge on any atom is -0.310 e. The van der Waals surface area contributed by atoms with E-state index in [1.807, 2.05) is 11.3 Å². The second-order valence-corrected chi connectivity index (χ2v) is 20.2. The lowest BCUT2D eigenvalue weighted by Gasteiger charge is -2.46. The highest BCUT2D eigenvalue weighted by molar-refractivity contribution is 7.26. The van der Waals surface area contributed by atoms with E-state index in [9.17, 15) is 0 Å². The molecule has 0 unspecified atom stereocenters. The second kappa shape index (κ2) is 16.3. The molecule has 2 aliphatic rings. The summed E-state index contributed by atoms with van der Waals surface area (Å²) in [6.45, 7) is -0.107. The van der Waals surface area contributed by atoms with Crippen molar-refractivity contribution in [3.8, 4) is 44.5 Å². The van der Waals surface area contributed by atoms with Crippen LogP contribution in [0.2, 0.25) is 0 Å². The van der Waals surface area contributed by atoms with Crippen LogP contribution in [0.1, 0.15) is 0 Å². The molecule has 3 heterocycles. The molecular weight excluding hydrogens is 888 g/mol. The molecule has 2 aliphatic heterocycles. The van der Waals surface area contributed by atoms with Gasteiger partial charge in [0.05, 0.1) is 21.8 Å². The maximum atomic E-state index is 2.70. The lowest BCUT2D eigenvalue weighted by Crippen LogP contribution is -2.61. The molecule has 334 valence electrons. The third-order valence-corrected chi connectivity index (χ3v) is 16.4. The van der Waals surface area contributed by atoms with Gasteiger partial charge in [0, 0.05) is 54.8 Å². The molecule has 0 amide bonds. The van der Waals surface area contributed by atoms with Crippen molar-refractivity contribution >= 4 is 110 Å². The Hall–Kier alpha value is -8.96. The van der Waals surface area contributed by atoms with Gasteiger partial charge in [0.15, 0.2) is 0 Å². The van der Waals surface area contributed by atoms with E-state index in [0.29, 0.717) is 0 Å². The molecule has 2 nitrogen and oxygen atoms in total. The van der Waals surface area contributed by atoms with E-state index in [-0.39, 0.29) is 6.71 Å². The number of hydrogen-bond donors (Lipinski definition) is 0. The van der Waals surface area contributed by atoms with E-state index < -0.39 is 0 Å². The predicted molar refractivity (Wildman–Crippen MR) is 310 cm³/mol. The molecule has 0 fully saturated rings. The van der Waals surface area contributed by atoms with Crippen LogP contribution in [0.3, 0.4) is 0 Å². The molecule has 0 saturated carbocycles. The van der Waals surface area contributed by atoms with Gasteiger partial charge < -0.3 is 9.80 Å². The molecule has 0 radical (unpaired) electrons. The van der Waals surface area contributed by atoms with Crippen molar-refractivity contribution in [1.82, 2.24) is 0 Å². The quantitative estimate of drug-likeness (QED) is 0.153. The van der Waals surface area contributed by atoms with Gasteiger partial charge in [-0.25, -0.2) is 0 Å². The van der Waals surface area contributed by atoms with Crippen molar-refractivity contribution in [3.05, 3.63) is 261 Å². The van der Waals surface area contributed by atoms with Crippen LogP contribution in [0.4, 0.5) is 34.1 Å². The van der Waals surface area contributed by atoms with E-state index in [0.717, 1.165) is 5.69 Å². The SMILES string of the molecule is c1ccc(-c2cccc(-c3ccccc3)c2N2c3cc4ccccc4cc3B3c4cc5ccccc5cc4N(c4c(-c5ccccc5)cccc4-c4ccccc4)c4c3c2cc2c4sc3ccccc32)cc1. The molecule has 15 rings (SSSR count). The fourth-order valence-electron chi connectivity index (χ4n) is 12.0. The summed E-state index contributed by atoms with van der Waals surface area (Å²) in [7, 11) is 0. The van der Waals surface area contributed by atoms with Crippen molar-refractivity contribution in [2.24, 2.45) is 0 Å². The first kappa shape index (κ1) is 40.9. The molecule has 0 saturated heterocycles. The van der Waals surface area contributed by atoms with Crippen molar-refractivity contribution in [2.45, 2.75) is 0 Å². The first-order chi connectivity index (χ1) is 35.7. The zero-order valence-corrected chi connectivity index (χ0v) is 40.0. The highest BCUT2D eigenvalue weighted by Crippen LogP contribution is 2.56. The average Bonchev–Trinajstić information content (AvgIpc) is 3.83. The Labute approximate surface area is 423 Å². The van der Waals surface area contributed by atoms with E-state index in [1.165, 1.54) is 131 Å². The second-order valence-electron chi connectivity index (χ2n) is 19.1. The Kier molecular flexibility index (Phi) is 9.26. The van der Waals surface area contributed by atoms with Gasteiger partial charge in [-0.2, -0.15) is 0 Å². The molecule has 0 N–H and O–H groups in total. The van der Waals surface area contributed by atoms with Crippen LogP contribution < -0.4 is 26.2 Å². The summed E-state index contributed by atoms with van der Waals surface area (Å²) < 4.78 is 2.56. The number of hydrogen-bond acceptors (Lipinski definition) is 3. The number of rotatable bonds is 6. The molecule has 12 aromatic carbocycles. The Balaban J connectivity index is 1.17. The summed E-state index contributed by atoms with van der Waals surface area (Å²) in [5.74, 6) is 0. The molecule has 0 atom stereocenters. The van der Waals surface area contributed by atoms with Crippen LogP contribution >= 0.6 is 11.3 Å². The highest BCUT2D eigenvalue weighted by atomic mass is 32.1. The fourth-order valence-corrected chi connectivity index (χ4v) is 13.3. The molecule has 72 heavy (non-hydrogen) atoms. The zero-order chi connectivity index (χ0) is 47.3. The Morgan fingerprint density at radius 3 is 1.15 bits per heavy atom. The number of anilines is 6. The summed E-state index contributed by atoms with van der Waals surface area (Å²) in [6.07, 6.45) is 0. The Morgan fingerprint density at radius 2 is 0.681 bits per heavy atom. The first-order valence-electron chi connectivity index (χ1n) is 24.9. The highest BCUT2D eigenvalue weighted by Gasteiger charge is 2.46. The Bertz CT molecular complexity index is 4150. The summed E-state index contributed by atoms with van der Waals surface area (Å²) in [5.41, 5.74) is 20.5. The molecular formula is C68H43BN2S. The van der Waals surface area contributed by atoms with Gasteiger partial charge in [-0.1, -0.05) is 237 Å². The first-order valence-corrected chi connectivity index (χ1v) is 25.7. The molecule has 4 heteroatoms. The number of benzene rings is 12. The topological polar surface area (TPSA) is 6.48 Å². The van der Waals surface area contributed by atoms with Crippen LogP contribution in [0, 0.1) is 0 Å². The van der Waals surface area contributed by atoms with Crippen molar-refractivity contribution in [1.29, 1.82) is 0 Å². The summed E-state index contributed by atoms with van der Waals surface area (Å²) in [5, 5.41) is 7.41. The summed E-state index contributed by atoms with van der Waals surface area (Å²) in [4.78, 5) is 5.37. The Morgan fingerprint density at radius 1 is 0.292 bits per heavy atom. The predicted octanol–water partition coefficient (Wildman–Crippen LogP) is 17.1. The largest absolute Gasteiger partial charge is 0.310 e. The van der Waals surface area contributed by atoms with Crippen LogP contribution in [0.25, 0.3) is 86.2 Å². The van der Waals surface area contributed by atoms with E-state index in [1.54, 1.807) is 0 Å². The van der Waals surface area contributed by atoms with Gasteiger partial charge in [0.25, 0.3) is 6.71 Å². The average molecular weight is 931 g/mol. The molecule has 0 spiro atoms. The maximum Gasteiger partial charge on any atom is 0.252 e. The van der Waals surface area contributed by atoms with E-state index in [2.05, 4.69) is 271 Å². The standard InChI is InChI=1S/C68H43BN2S/c1-5-21-44(22-6-1)52-34-19-35-53(45-23-7-2-8-24-45)65(52)70-60-41-50-31-15-13-29-48(50)39-58(60)69-59-40-49-30-14-16-32-51(49)42-61(59)71(67-64(69)62(70)43-57-56-33-17-18-38-63(56)72-68(57)67)66-54(46-25-9-3-10-26-46)36-20-37-55(66)47-27-11-4-12-28-47/h1-43H. The third-order valence-electron chi connectivity index (χ3n) is 15.2. The van der Waals surface area contributed by atoms with Crippen LogP contribution in [-0.4, -0.2) is 6.71 Å². The minimum atomic E-state index is -0.107. The minimum absolute atomic E-state index is 0.107. The summed E-state index contributed by atoms with van der Waals surface area (Å²) >= 11 is 1.92. The van der Waals surface area contributed by atoms with Gasteiger partial charge in [-0.05, 0) is 84.5 Å². The lowest BCUT2D eigenvalue weighted by molar-refractivity contribution is 1.27. The molecule has 1 aromatic heterocycles. The number of fused-ring (bicyclic) bond motifs is 10. The number of thiophene rings is 1. The van der Waals surface area contributed by atoms with Crippen molar-refractivity contribution in [3.63, 3.8) is 0 Å². The number of para-hydroxylation sites is 2. The van der Waals surface area contributed by atoms with Gasteiger partial charge in [0.1, 0.15) is 0 Å². The monoisotopic (exact) mass is 930 g/mol. The normalized spacial score (nSPS) is 12.6. The number of nitrogens with zero attached hydrogens (tertiary/aromatic N) is 2. The van der Waals surface area contributed by atoms with Crippen molar-refractivity contribution < 1.29 is 0 Å². The van der Waals surface area contributed by atoms with Crippen LogP contribution in [0.5, 0.6) is 0 Å².